The van der Waals surface area contributed by atoms with Crippen LogP contribution in [0.4, 0.5) is 18.9 Å². The monoisotopic (exact) mass is 290 g/mol. The van der Waals surface area contributed by atoms with Gasteiger partial charge in [0.15, 0.2) is 0 Å². The van der Waals surface area contributed by atoms with E-state index in [9.17, 15) is 13.2 Å². The SMILES string of the molecule is Nc1cc(Br)c(C(F)(F)F)c2cccnc12. The minimum atomic E-state index is -4.44. The van der Waals surface area contributed by atoms with Gasteiger partial charge in [0.05, 0.1) is 16.8 Å². The van der Waals surface area contributed by atoms with Crippen molar-refractivity contribution >= 4 is 32.5 Å². The predicted molar refractivity (Wildman–Crippen MR) is 58.9 cm³/mol. The fourth-order valence-electron chi connectivity index (χ4n) is 1.53. The van der Waals surface area contributed by atoms with Gasteiger partial charge in [0.25, 0.3) is 0 Å². The molecule has 2 rings (SSSR count). The summed E-state index contributed by atoms with van der Waals surface area (Å²) >= 11 is 2.88. The number of rotatable bonds is 0. The molecule has 0 spiro atoms. The maximum Gasteiger partial charge on any atom is 0.418 e. The van der Waals surface area contributed by atoms with Gasteiger partial charge in [-0.3, -0.25) is 4.98 Å². The van der Waals surface area contributed by atoms with Gasteiger partial charge in [-0.1, -0.05) is 22.0 Å². The third-order valence-corrected chi connectivity index (χ3v) is 2.78. The lowest BCUT2D eigenvalue weighted by Crippen LogP contribution is -2.08. The summed E-state index contributed by atoms with van der Waals surface area (Å²) in [5.41, 5.74) is 5.25. The maximum absolute atomic E-state index is 12.8. The van der Waals surface area contributed by atoms with Gasteiger partial charge in [-0.15, -0.1) is 0 Å². The summed E-state index contributed by atoms with van der Waals surface area (Å²) in [5.74, 6) is 0. The summed E-state index contributed by atoms with van der Waals surface area (Å²) in [5, 5.41) is 0.00174. The maximum atomic E-state index is 12.8. The number of anilines is 1. The zero-order chi connectivity index (χ0) is 11.9. The first-order chi connectivity index (χ1) is 7.41. The van der Waals surface area contributed by atoms with Gasteiger partial charge in [0.1, 0.15) is 0 Å². The van der Waals surface area contributed by atoms with Crippen LogP contribution in [0, 0.1) is 0 Å². The Labute approximate surface area is 97.4 Å². The van der Waals surface area contributed by atoms with E-state index in [4.69, 9.17) is 5.73 Å². The van der Waals surface area contributed by atoms with E-state index < -0.39 is 11.7 Å². The zero-order valence-corrected chi connectivity index (χ0v) is 9.43. The van der Waals surface area contributed by atoms with Crippen LogP contribution in [0.1, 0.15) is 5.56 Å². The average molecular weight is 291 g/mol. The van der Waals surface area contributed by atoms with E-state index in [0.29, 0.717) is 0 Å². The fraction of sp³-hybridized carbons (Fsp3) is 0.100. The van der Waals surface area contributed by atoms with Crippen molar-refractivity contribution in [1.29, 1.82) is 0 Å². The van der Waals surface area contributed by atoms with Crippen LogP contribution in [0.25, 0.3) is 10.9 Å². The number of pyridine rings is 1. The topological polar surface area (TPSA) is 38.9 Å². The van der Waals surface area contributed by atoms with Crippen molar-refractivity contribution in [2.45, 2.75) is 6.18 Å². The number of benzene rings is 1. The largest absolute Gasteiger partial charge is 0.418 e. The van der Waals surface area contributed by atoms with Gasteiger partial charge >= 0.3 is 6.18 Å². The molecule has 0 aliphatic rings. The van der Waals surface area contributed by atoms with Crippen LogP contribution in [-0.2, 0) is 6.18 Å². The molecule has 0 fully saturated rings. The molecule has 0 aliphatic heterocycles. The molecule has 84 valence electrons. The Balaban J connectivity index is 2.93. The van der Waals surface area contributed by atoms with E-state index >= 15 is 0 Å². The molecular formula is C10H6BrF3N2. The molecule has 2 nitrogen and oxygen atoms in total. The van der Waals surface area contributed by atoms with Crippen molar-refractivity contribution in [3.05, 3.63) is 34.4 Å². The highest BCUT2D eigenvalue weighted by molar-refractivity contribution is 9.10. The van der Waals surface area contributed by atoms with Crippen LogP contribution < -0.4 is 5.73 Å². The molecule has 0 amide bonds. The molecule has 0 bridgehead atoms. The van der Waals surface area contributed by atoms with Crippen LogP contribution in [0.2, 0.25) is 0 Å². The van der Waals surface area contributed by atoms with E-state index in [0.717, 1.165) is 0 Å². The lowest BCUT2D eigenvalue weighted by Gasteiger charge is -2.13. The summed E-state index contributed by atoms with van der Waals surface area (Å²) in [4.78, 5) is 3.85. The molecule has 0 radical (unpaired) electrons. The van der Waals surface area contributed by atoms with Crippen molar-refractivity contribution in [3.8, 4) is 0 Å². The highest BCUT2D eigenvalue weighted by atomic mass is 79.9. The molecule has 2 N–H and O–H groups in total. The second-order valence-corrected chi connectivity index (χ2v) is 4.07. The second-order valence-electron chi connectivity index (χ2n) is 3.22. The molecule has 0 atom stereocenters. The van der Waals surface area contributed by atoms with Gasteiger partial charge in [-0.05, 0) is 12.1 Å². The fourth-order valence-corrected chi connectivity index (χ4v) is 2.22. The Bertz CT molecular complexity index is 551. The van der Waals surface area contributed by atoms with Crippen LogP contribution in [0.5, 0.6) is 0 Å². The Morgan fingerprint density at radius 2 is 2.00 bits per heavy atom. The molecule has 1 heterocycles. The van der Waals surface area contributed by atoms with Gasteiger partial charge in [0, 0.05) is 16.1 Å². The average Bonchev–Trinajstić information content (AvgIpc) is 2.15. The van der Waals surface area contributed by atoms with Crippen molar-refractivity contribution < 1.29 is 13.2 Å². The lowest BCUT2D eigenvalue weighted by molar-refractivity contribution is -0.136. The summed E-state index contributed by atoms with van der Waals surface area (Å²) in [6.07, 6.45) is -3.03. The Morgan fingerprint density at radius 1 is 1.31 bits per heavy atom. The van der Waals surface area contributed by atoms with E-state index in [1.54, 1.807) is 0 Å². The summed E-state index contributed by atoms with van der Waals surface area (Å²) < 4.78 is 38.4. The summed E-state index contributed by atoms with van der Waals surface area (Å²) in [7, 11) is 0. The van der Waals surface area contributed by atoms with Gasteiger partial charge in [0.2, 0.25) is 0 Å². The van der Waals surface area contributed by atoms with E-state index in [1.165, 1.54) is 24.4 Å². The number of nitrogens with zero attached hydrogens (tertiary/aromatic N) is 1. The Hall–Kier alpha value is -1.30. The Morgan fingerprint density at radius 3 is 2.62 bits per heavy atom. The number of alkyl halides is 3. The number of hydrogen-bond acceptors (Lipinski definition) is 2. The quantitative estimate of drug-likeness (QED) is 0.753. The molecule has 0 unspecified atom stereocenters. The molecule has 2 aromatic rings. The van der Waals surface area contributed by atoms with Crippen LogP contribution in [-0.4, -0.2) is 4.98 Å². The normalized spacial score (nSPS) is 12.0. The number of aromatic nitrogens is 1. The standard InChI is InChI=1S/C10H6BrF3N2/c11-6-4-7(15)9-5(2-1-3-16-9)8(6)10(12,13)14/h1-4H,15H2. The van der Waals surface area contributed by atoms with Gasteiger partial charge in [-0.2, -0.15) is 13.2 Å². The Kier molecular flexibility index (Phi) is 2.53. The number of halogens is 4. The minimum absolute atomic E-state index is 0.00174. The molecular weight excluding hydrogens is 285 g/mol. The third-order valence-electron chi connectivity index (χ3n) is 2.16. The summed E-state index contributed by atoms with van der Waals surface area (Å²) in [6.45, 7) is 0. The molecule has 1 aromatic heterocycles. The van der Waals surface area contributed by atoms with Gasteiger partial charge in [-0.25, -0.2) is 0 Å². The van der Waals surface area contributed by atoms with Crippen LogP contribution >= 0.6 is 15.9 Å². The number of hydrogen-bond donors (Lipinski definition) is 1. The first-order valence-electron chi connectivity index (χ1n) is 4.31. The molecule has 0 saturated carbocycles. The van der Waals surface area contributed by atoms with E-state index in [1.807, 2.05) is 0 Å². The van der Waals surface area contributed by atoms with E-state index in [-0.39, 0.29) is 21.1 Å². The smallest absolute Gasteiger partial charge is 0.397 e. The van der Waals surface area contributed by atoms with Crippen molar-refractivity contribution in [2.24, 2.45) is 0 Å². The highest BCUT2D eigenvalue weighted by Crippen LogP contribution is 2.41. The zero-order valence-electron chi connectivity index (χ0n) is 7.85. The molecule has 16 heavy (non-hydrogen) atoms. The van der Waals surface area contributed by atoms with Crippen LogP contribution in [0.3, 0.4) is 0 Å². The van der Waals surface area contributed by atoms with Crippen molar-refractivity contribution in [2.75, 3.05) is 5.73 Å². The third kappa shape index (κ3) is 1.73. The predicted octanol–water partition coefficient (Wildman–Crippen LogP) is 3.60. The van der Waals surface area contributed by atoms with Crippen LogP contribution in [0.15, 0.2) is 28.9 Å². The number of nitrogens with two attached hydrogens (primary N) is 1. The number of nitrogen functional groups attached to an aromatic ring is 1. The van der Waals surface area contributed by atoms with E-state index in [2.05, 4.69) is 20.9 Å². The first-order valence-corrected chi connectivity index (χ1v) is 5.10. The van der Waals surface area contributed by atoms with Crippen molar-refractivity contribution in [3.63, 3.8) is 0 Å². The first kappa shape index (κ1) is 11.2. The molecule has 0 aliphatic carbocycles. The minimum Gasteiger partial charge on any atom is -0.397 e. The molecule has 6 heteroatoms. The van der Waals surface area contributed by atoms with Crippen molar-refractivity contribution in [1.82, 2.24) is 4.98 Å². The molecule has 0 saturated heterocycles. The van der Waals surface area contributed by atoms with Gasteiger partial charge < -0.3 is 5.73 Å². The number of fused-ring (bicyclic) bond motifs is 1. The highest BCUT2D eigenvalue weighted by Gasteiger charge is 2.35. The summed E-state index contributed by atoms with van der Waals surface area (Å²) in [6, 6.07) is 4.02. The second kappa shape index (κ2) is 3.62. The lowest BCUT2D eigenvalue weighted by atomic mass is 10.1. The molecule has 1 aromatic carbocycles.